The van der Waals surface area contributed by atoms with Gasteiger partial charge in [-0.3, -0.25) is 4.79 Å². The second kappa shape index (κ2) is 9.58. The zero-order valence-electron chi connectivity index (χ0n) is 18.8. The van der Waals surface area contributed by atoms with Gasteiger partial charge in [-0.2, -0.15) is 0 Å². The van der Waals surface area contributed by atoms with E-state index in [1.54, 1.807) is 25.3 Å². The van der Waals surface area contributed by atoms with Crippen LogP contribution in [0.25, 0.3) is 11.0 Å². The van der Waals surface area contributed by atoms with Crippen LogP contribution in [0, 0.1) is 6.92 Å². The van der Waals surface area contributed by atoms with Crippen molar-refractivity contribution < 1.29 is 18.7 Å². The molecule has 0 saturated heterocycles. The number of nitrogens with zero attached hydrogens (tertiary/aromatic N) is 1. The number of anilines is 1. The first kappa shape index (κ1) is 22.7. The zero-order chi connectivity index (χ0) is 23.5. The Kier molecular flexibility index (Phi) is 6.60. The highest BCUT2D eigenvalue weighted by Gasteiger charge is 2.31. The lowest BCUT2D eigenvalue weighted by molar-refractivity contribution is -0.141. The molecule has 2 heterocycles. The molecule has 33 heavy (non-hydrogen) atoms. The van der Waals surface area contributed by atoms with Crippen LogP contribution in [0.2, 0.25) is 5.02 Å². The fraction of sp³-hybridized carbons (Fsp3) is 0.280. The van der Waals surface area contributed by atoms with Crippen molar-refractivity contribution in [3.63, 3.8) is 0 Å². The fourth-order valence-corrected chi connectivity index (χ4v) is 3.98. The first-order valence-electron chi connectivity index (χ1n) is 10.9. The third-order valence-electron chi connectivity index (χ3n) is 5.57. The van der Waals surface area contributed by atoms with Crippen molar-refractivity contribution in [3.05, 3.63) is 76.1 Å². The zero-order valence-corrected chi connectivity index (χ0v) is 19.5. The maximum Gasteiger partial charge on any atom is 0.345 e. The van der Waals surface area contributed by atoms with Crippen molar-refractivity contribution in [2.75, 3.05) is 11.9 Å². The van der Waals surface area contributed by atoms with E-state index in [1.807, 2.05) is 42.2 Å². The van der Waals surface area contributed by atoms with Crippen molar-refractivity contribution in [1.29, 1.82) is 0 Å². The van der Waals surface area contributed by atoms with Gasteiger partial charge in [-0.15, -0.1) is 0 Å². The molecule has 0 bridgehead atoms. The van der Waals surface area contributed by atoms with Crippen LogP contribution < -0.4 is 10.6 Å². The minimum atomic E-state index is -0.655. The average Bonchev–Trinajstić information content (AvgIpc) is 3.12. The third kappa shape index (κ3) is 4.83. The van der Waals surface area contributed by atoms with E-state index in [4.69, 9.17) is 20.8 Å². The van der Waals surface area contributed by atoms with E-state index >= 15 is 0 Å². The Morgan fingerprint density at radius 1 is 1.21 bits per heavy atom. The van der Waals surface area contributed by atoms with E-state index in [9.17, 15) is 9.59 Å². The fourth-order valence-electron chi connectivity index (χ4n) is 3.85. The monoisotopic (exact) mass is 467 g/mol. The van der Waals surface area contributed by atoms with Crippen molar-refractivity contribution in [2.45, 2.75) is 40.0 Å². The van der Waals surface area contributed by atoms with E-state index in [2.05, 4.69) is 17.6 Å². The number of halogens is 1. The second-order valence-electron chi connectivity index (χ2n) is 7.80. The van der Waals surface area contributed by atoms with E-state index in [0.29, 0.717) is 11.6 Å². The summed E-state index contributed by atoms with van der Waals surface area (Å²) in [5.41, 5.74) is 3.66. The highest BCUT2D eigenvalue weighted by atomic mass is 35.5. The summed E-state index contributed by atoms with van der Waals surface area (Å²) in [6.45, 7) is 6.42. The lowest BCUT2D eigenvalue weighted by Crippen LogP contribution is -2.55. The minimum absolute atomic E-state index is 0.0439. The maximum absolute atomic E-state index is 12.7. The molecule has 1 atom stereocenters. The van der Waals surface area contributed by atoms with Gasteiger partial charge in [0.1, 0.15) is 16.9 Å². The predicted molar refractivity (Wildman–Crippen MR) is 128 cm³/mol. The number of amides is 1. The van der Waals surface area contributed by atoms with E-state index in [1.165, 1.54) is 0 Å². The quantitative estimate of drug-likeness (QED) is 0.386. The average molecular weight is 468 g/mol. The predicted octanol–water partition coefficient (Wildman–Crippen LogP) is 4.73. The standard InChI is InChI=1S/C25H26ClN3O4/c1-4-21-15(3)19-12-18(10-11-22(19)33-21)27-25-28-23(30)20(24(31)32-5-2)14-29(25)13-16-6-8-17(26)9-7-16/h6-12,14,25,27H,4-5,13H2,1-3H3,(H,28,30). The molecule has 2 N–H and O–H groups in total. The highest BCUT2D eigenvalue weighted by molar-refractivity contribution is 6.30. The van der Waals surface area contributed by atoms with Crippen LogP contribution in [0.5, 0.6) is 0 Å². The molecule has 3 aromatic rings. The first-order chi connectivity index (χ1) is 15.9. The van der Waals surface area contributed by atoms with Crippen LogP contribution in [0.3, 0.4) is 0 Å². The number of nitrogens with one attached hydrogen (secondary N) is 2. The van der Waals surface area contributed by atoms with Gasteiger partial charge in [0.05, 0.1) is 6.61 Å². The van der Waals surface area contributed by atoms with Gasteiger partial charge in [0, 0.05) is 35.3 Å². The summed E-state index contributed by atoms with van der Waals surface area (Å²) in [6, 6.07) is 13.2. The number of hydrogen-bond acceptors (Lipinski definition) is 6. The summed E-state index contributed by atoms with van der Waals surface area (Å²) in [4.78, 5) is 26.8. The number of carbonyl (C=O) groups is 2. The molecule has 8 heteroatoms. The number of fused-ring (bicyclic) bond motifs is 1. The molecule has 4 rings (SSSR count). The normalized spacial score (nSPS) is 15.9. The molecule has 1 unspecified atom stereocenters. The Morgan fingerprint density at radius 2 is 1.97 bits per heavy atom. The van der Waals surface area contributed by atoms with Gasteiger partial charge in [0.25, 0.3) is 5.91 Å². The molecule has 172 valence electrons. The highest BCUT2D eigenvalue weighted by Crippen LogP contribution is 2.29. The Morgan fingerprint density at radius 3 is 2.67 bits per heavy atom. The van der Waals surface area contributed by atoms with Gasteiger partial charge in [-0.25, -0.2) is 4.79 Å². The maximum atomic E-state index is 12.7. The van der Waals surface area contributed by atoms with Crippen LogP contribution in [0.4, 0.5) is 5.69 Å². The second-order valence-corrected chi connectivity index (χ2v) is 8.23. The SMILES string of the molecule is CCOC(=O)C1=CN(Cc2ccc(Cl)cc2)C(Nc2ccc3oc(CC)c(C)c3c2)NC1=O. The summed E-state index contributed by atoms with van der Waals surface area (Å²) in [6.07, 6.45) is 1.78. The van der Waals surface area contributed by atoms with Crippen LogP contribution in [-0.4, -0.2) is 29.7 Å². The summed E-state index contributed by atoms with van der Waals surface area (Å²) < 4.78 is 11.0. The van der Waals surface area contributed by atoms with Gasteiger partial charge in [0.2, 0.25) is 0 Å². The number of carbonyl (C=O) groups excluding carboxylic acids is 2. The molecular weight excluding hydrogens is 442 g/mol. The van der Waals surface area contributed by atoms with Crippen LogP contribution in [-0.2, 0) is 27.3 Å². The van der Waals surface area contributed by atoms with Gasteiger partial charge >= 0.3 is 5.97 Å². The van der Waals surface area contributed by atoms with Crippen molar-refractivity contribution >= 4 is 40.1 Å². The summed E-state index contributed by atoms with van der Waals surface area (Å²) in [5, 5.41) is 7.89. The Bertz CT molecular complexity index is 1220. The Balaban J connectivity index is 1.65. The number of benzene rings is 2. The van der Waals surface area contributed by atoms with E-state index in [-0.39, 0.29) is 12.2 Å². The van der Waals surface area contributed by atoms with Gasteiger partial charge in [-0.05, 0) is 55.3 Å². The number of ether oxygens (including phenoxy) is 1. The molecule has 1 aliphatic rings. The number of hydrogen-bond donors (Lipinski definition) is 2. The van der Waals surface area contributed by atoms with Crippen molar-refractivity contribution in [3.8, 4) is 0 Å². The minimum Gasteiger partial charge on any atom is -0.462 e. The Hall–Kier alpha value is -3.45. The molecule has 2 aromatic carbocycles. The lowest BCUT2D eigenvalue weighted by Gasteiger charge is -2.36. The van der Waals surface area contributed by atoms with Gasteiger partial charge in [0.15, 0.2) is 6.29 Å². The molecule has 0 radical (unpaired) electrons. The summed E-state index contributed by atoms with van der Waals surface area (Å²) >= 11 is 6.02. The molecule has 1 aliphatic heterocycles. The Labute approximate surface area is 197 Å². The molecule has 0 aliphatic carbocycles. The van der Waals surface area contributed by atoms with Gasteiger partial charge in [-0.1, -0.05) is 30.7 Å². The number of esters is 1. The van der Waals surface area contributed by atoms with Crippen LogP contribution in [0.1, 0.15) is 30.7 Å². The lowest BCUT2D eigenvalue weighted by atomic mass is 10.1. The van der Waals surface area contributed by atoms with E-state index < -0.39 is 18.2 Å². The first-order valence-corrected chi connectivity index (χ1v) is 11.3. The van der Waals surface area contributed by atoms with E-state index in [0.717, 1.165) is 40.0 Å². The van der Waals surface area contributed by atoms with Crippen LogP contribution in [0.15, 0.2) is 58.7 Å². The molecule has 0 saturated carbocycles. The topological polar surface area (TPSA) is 83.8 Å². The largest absolute Gasteiger partial charge is 0.462 e. The van der Waals surface area contributed by atoms with Crippen molar-refractivity contribution in [2.24, 2.45) is 0 Å². The molecule has 1 amide bonds. The summed E-state index contributed by atoms with van der Waals surface area (Å²) in [5.74, 6) is -0.191. The molecule has 7 nitrogen and oxygen atoms in total. The number of rotatable bonds is 7. The third-order valence-corrected chi connectivity index (χ3v) is 5.82. The summed E-state index contributed by atoms with van der Waals surface area (Å²) in [7, 11) is 0. The molecule has 1 aromatic heterocycles. The number of furan rings is 1. The smallest absolute Gasteiger partial charge is 0.345 e. The number of aryl methyl sites for hydroxylation is 2. The molecule has 0 spiro atoms. The van der Waals surface area contributed by atoms with Crippen molar-refractivity contribution in [1.82, 2.24) is 10.2 Å². The van der Waals surface area contributed by atoms with Gasteiger partial charge < -0.3 is 24.7 Å². The van der Waals surface area contributed by atoms with Crippen LogP contribution >= 0.6 is 11.6 Å². The molecular formula is C25H26ClN3O4. The molecule has 0 fully saturated rings.